The molecular formula is C15H18ClNO4. The van der Waals surface area contributed by atoms with Crippen molar-refractivity contribution in [2.45, 2.75) is 44.9 Å². The molecule has 1 aliphatic rings. The molecule has 2 atom stereocenters. The average Bonchev–Trinajstić information content (AvgIpc) is 3.22. The number of halogens is 1. The van der Waals surface area contributed by atoms with Crippen LogP contribution in [0.2, 0.25) is 5.02 Å². The van der Waals surface area contributed by atoms with Crippen LogP contribution in [-0.2, 0) is 14.3 Å². The third-order valence-corrected chi connectivity index (χ3v) is 3.26. The lowest BCUT2D eigenvalue weighted by molar-refractivity contribution is -0.160. The van der Waals surface area contributed by atoms with E-state index >= 15 is 0 Å². The van der Waals surface area contributed by atoms with Gasteiger partial charge in [-0.25, -0.2) is 4.79 Å². The Kier molecular flexibility index (Phi) is 5.07. The van der Waals surface area contributed by atoms with Crippen molar-refractivity contribution < 1.29 is 19.1 Å². The molecule has 1 aromatic rings. The van der Waals surface area contributed by atoms with E-state index in [-0.39, 0.29) is 11.9 Å². The molecule has 1 saturated carbocycles. The summed E-state index contributed by atoms with van der Waals surface area (Å²) in [6, 6.07) is 6.97. The first kappa shape index (κ1) is 15.6. The highest BCUT2D eigenvalue weighted by Crippen LogP contribution is 2.20. The van der Waals surface area contributed by atoms with E-state index in [1.807, 2.05) is 0 Å². The van der Waals surface area contributed by atoms with E-state index in [2.05, 4.69) is 5.32 Å². The third-order valence-electron chi connectivity index (χ3n) is 3.03. The highest BCUT2D eigenvalue weighted by Gasteiger charge is 2.28. The van der Waals surface area contributed by atoms with Gasteiger partial charge in [-0.3, -0.25) is 4.79 Å². The first-order valence-corrected chi connectivity index (χ1v) is 7.26. The van der Waals surface area contributed by atoms with Crippen LogP contribution < -0.4 is 10.1 Å². The van der Waals surface area contributed by atoms with Crippen LogP contribution >= 0.6 is 11.6 Å². The van der Waals surface area contributed by atoms with E-state index in [1.54, 1.807) is 38.1 Å². The summed E-state index contributed by atoms with van der Waals surface area (Å²) < 4.78 is 10.5. The van der Waals surface area contributed by atoms with Gasteiger partial charge in [0.15, 0.2) is 12.2 Å². The molecule has 2 rings (SSSR count). The third kappa shape index (κ3) is 4.93. The Balaban J connectivity index is 1.82. The number of nitrogens with one attached hydrogen (secondary N) is 1. The minimum absolute atomic E-state index is 0.235. The molecule has 0 aromatic heterocycles. The Bertz CT molecular complexity index is 530. The Hall–Kier alpha value is -1.75. The number of amides is 1. The van der Waals surface area contributed by atoms with Crippen molar-refractivity contribution in [3.05, 3.63) is 29.3 Å². The van der Waals surface area contributed by atoms with Gasteiger partial charge in [-0.2, -0.15) is 0 Å². The molecule has 5 nitrogen and oxygen atoms in total. The van der Waals surface area contributed by atoms with Crippen LogP contribution in [-0.4, -0.2) is 30.1 Å². The number of esters is 1. The Morgan fingerprint density at radius 1 is 1.29 bits per heavy atom. The van der Waals surface area contributed by atoms with Crippen molar-refractivity contribution in [2.24, 2.45) is 0 Å². The highest BCUT2D eigenvalue weighted by molar-refractivity contribution is 6.30. The van der Waals surface area contributed by atoms with Gasteiger partial charge >= 0.3 is 5.97 Å². The van der Waals surface area contributed by atoms with E-state index in [9.17, 15) is 9.59 Å². The molecule has 1 aliphatic carbocycles. The van der Waals surface area contributed by atoms with E-state index in [0.29, 0.717) is 10.8 Å². The Morgan fingerprint density at radius 2 is 2.00 bits per heavy atom. The fraction of sp³-hybridized carbons (Fsp3) is 0.467. The van der Waals surface area contributed by atoms with Gasteiger partial charge in [-0.05, 0) is 44.9 Å². The van der Waals surface area contributed by atoms with Gasteiger partial charge in [0.1, 0.15) is 5.75 Å². The molecule has 0 heterocycles. The van der Waals surface area contributed by atoms with E-state index in [1.165, 1.54) is 0 Å². The number of benzene rings is 1. The zero-order chi connectivity index (χ0) is 15.4. The van der Waals surface area contributed by atoms with Crippen molar-refractivity contribution in [3.63, 3.8) is 0 Å². The second kappa shape index (κ2) is 6.80. The molecule has 0 radical (unpaired) electrons. The van der Waals surface area contributed by atoms with Crippen molar-refractivity contribution in [1.29, 1.82) is 0 Å². The SMILES string of the molecule is CC(OC(=O)C(C)Oc1cccc(Cl)c1)C(=O)NC1CC1. The quantitative estimate of drug-likeness (QED) is 0.819. The predicted octanol–water partition coefficient (Wildman–Crippen LogP) is 2.32. The maximum atomic E-state index is 11.9. The maximum absolute atomic E-state index is 11.9. The second-order valence-electron chi connectivity index (χ2n) is 5.08. The summed E-state index contributed by atoms with van der Waals surface area (Å²) in [5, 5.41) is 3.30. The number of hydrogen-bond donors (Lipinski definition) is 1. The number of hydrogen-bond acceptors (Lipinski definition) is 4. The van der Waals surface area contributed by atoms with Gasteiger partial charge in [-0.1, -0.05) is 17.7 Å². The molecule has 0 saturated heterocycles. The normalized spacial score (nSPS) is 16.7. The summed E-state index contributed by atoms with van der Waals surface area (Å²) in [4.78, 5) is 23.6. The number of carbonyl (C=O) groups excluding carboxylic acids is 2. The van der Waals surface area contributed by atoms with E-state index in [0.717, 1.165) is 12.8 Å². The minimum atomic E-state index is -0.830. The lowest BCUT2D eigenvalue weighted by Gasteiger charge is -2.17. The standard InChI is InChI=1S/C15H18ClNO4/c1-9(14(18)17-12-6-7-12)21-15(19)10(2)20-13-5-3-4-11(16)8-13/h3-5,8-10,12H,6-7H2,1-2H3,(H,17,18). The van der Waals surface area contributed by atoms with Crippen molar-refractivity contribution in [2.75, 3.05) is 0 Å². The zero-order valence-electron chi connectivity index (χ0n) is 12.0. The monoisotopic (exact) mass is 311 g/mol. The molecule has 6 heteroatoms. The van der Waals surface area contributed by atoms with E-state index < -0.39 is 18.2 Å². The van der Waals surface area contributed by atoms with Gasteiger partial charge in [0, 0.05) is 11.1 Å². The van der Waals surface area contributed by atoms with Gasteiger partial charge in [0.05, 0.1) is 0 Å². The minimum Gasteiger partial charge on any atom is -0.479 e. The fourth-order valence-corrected chi connectivity index (χ4v) is 1.84. The van der Waals surface area contributed by atoms with Gasteiger partial charge in [0.2, 0.25) is 0 Å². The van der Waals surface area contributed by atoms with E-state index in [4.69, 9.17) is 21.1 Å². The van der Waals surface area contributed by atoms with Crippen LogP contribution in [0.15, 0.2) is 24.3 Å². The average molecular weight is 312 g/mol. The Labute approximate surface area is 128 Å². The smallest absolute Gasteiger partial charge is 0.347 e. The molecule has 0 bridgehead atoms. The first-order valence-electron chi connectivity index (χ1n) is 6.89. The maximum Gasteiger partial charge on any atom is 0.347 e. The molecular weight excluding hydrogens is 294 g/mol. The summed E-state index contributed by atoms with van der Waals surface area (Å²) >= 11 is 5.84. The summed E-state index contributed by atoms with van der Waals surface area (Å²) in [7, 11) is 0. The van der Waals surface area contributed by atoms with Gasteiger partial charge in [-0.15, -0.1) is 0 Å². The molecule has 1 amide bonds. The predicted molar refractivity (Wildman–Crippen MR) is 78.3 cm³/mol. The number of carbonyl (C=O) groups is 2. The molecule has 1 N–H and O–H groups in total. The summed E-state index contributed by atoms with van der Waals surface area (Å²) in [5.74, 6) is -0.392. The highest BCUT2D eigenvalue weighted by atomic mass is 35.5. The molecule has 1 aromatic carbocycles. The van der Waals surface area contributed by atoms with Crippen LogP contribution in [0.3, 0.4) is 0 Å². The van der Waals surface area contributed by atoms with Crippen LogP contribution in [0.1, 0.15) is 26.7 Å². The van der Waals surface area contributed by atoms with Crippen LogP contribution in [0.25, 0.3) is 0 Å². The molecule has 1 fully saturated rings. The fourth-order valence-electron chi connectivity index (χ4n) is 1.66. The Morgan fingerprint density at radius 3 is 2.62 bits per heavy atom. The van der Waals surface area contributed by atoms with Crippen LogP contribution in [0, 0.1) is 0 Å². The first-order chi connectivity index (χ1) is 9.95. The second-order valence-corrected chi connectivity index (χ2v) is 5.52. The molecule has 114 valence electrons. The lowest BCUT2D eigenvalue weighted by Crippen LogP contribution is -2.39. The molecule has 21 heavy (non-hydrogen) atoms. The van der Waals surface area contributed by atoms with Crippen molar-refractivity contribution in [1.82, 2.24) is 5.32 Å². The van der Waals surface area contributed by atoms with Crippen LogP contribution in [0.4, 0.5) is 0 Å². The lowest BCUT2D eigenvalue weighted by atomic mass is 10.3. The number of rotatable bonds is 6. The molecule has 2 unspecified atom stereocenters. The van der Waals surface area contributed by atoms with Gasteiger partial charge in [0.25, 0.3) is 5.91 Å². The molecule has 0 spiro atoms. The van der Waals surface area contributed by atoms with Crippen LogP contribution in [0.5, 0.6) is 5.75 Å². The number of ether oxygens (including phenoxy) is 2. The summed E-state index contributed by atoms with van der Waals surface area (Å²) in [5.41, 5.74) is 0. The van der Waals surface area contributed by atoms with Gasteiger partial charge < -0.3 is 14.8 Å². The van der Waals surface area contributed by atoms with Crippen molar-refractivity contribution in [3.8, 4) is 5.75 Å². The zero-order valence-corrected chi connectivity index (χ0v) is 12.7. The molecule has 0 aliphatic heterocycles. The van der Waals surface area contributed by atoms with Crippen molar-refractivity contribution >= 4 is 23.5 Å². The topological polar surface area (TPSA) is 64.6 Å². The summed E-state index contributed by atoms with van der Waals surface area (Å²) in [6.07, 6.45) is 0.324. The largest absolute Gasteiger partial charge is 0.479 e. The summed E-state index contributed by atoms with van der Waals surface area (Å²) in [6.45, 7) is 3.11.